The molecule has 5 heterocycles. The first-order valence-electron chi connectivity index (χ1n) is 13.2. The second-order valence-electron chi connectivity index (χ2n) is 10.2. The van der Waals surface area contributed by atoms with E-state index >= 15 is 0 Å². The summed E-state index contributed by atoms with van der Waals surface area (Å²) in [4.78, 5) is 47.0. The highest BCUT2D eigenvalue weighted by Crippen LogP contribution is 2.58. The van der Waals surface area contributed by atoms with Crippen LogP contribution in [0.5, 0.6) is 0 Å². The smallest absolute Gasteiger partial charge is 0.313 e. The zero-order chi connectivity index (χ0) is 25.3. The maximum Gasteiger partial charge on any atom is 0.313 e. The van der Waals surface area contributed by atoms with Crippen molar-refractivity contribution in [2.75, 3.05) is 65.7 Å². The van der Waals surface area contributed by atoms with Crippen LogP contribution in [0.1, 0.15) is 26.2 Å². The van der Waals surface area contributed by atoms with E-state index < -0.39 is 35.0 Å². The largest absolute Gasteiger partial charge is 0.465 e. The van der Waals surface area contributed by atoms with Crippen LogP contribution >= 0.6 is 0 Å². The molecule has 2 amide bonds. The molecule has 1 N–H and O–H groups in total. The SMILES string of the molecule is CC[C@@]12C=CCCOC(=O)[C@@H]1[C@H]1C(=O)N(CCCO)C3C(=O)N(CCN4CCOCC4)CC=C[C@@]31O2. The van der Waals surface area contributed by atoms with Crippen LogP contribution < -0.4 is 0 Å². The van der Waals surface area contributed by atoms with E-state index in [-0.39, 0.29) is 31.6 Å². The van der Waals surface area contributed by atoms with Crippen LogP contribution in [0.15, 0.2) is 24.3 Å². The van der Waals surface area contributed by atoms with Gasteiger partial charge in [0, 0.05) is 45.9 Å². The minimum absolute atomic E-state index is 0.104. The minimum Gasteiger partial charge on any atom is -0.465 e. The van der Waals surface area contributed by atoms with E-state index in [0.717, 1.165) is 13.1 Å². The Labute approximate surface area is 211 Å². The number of hydrogen-bond acceptors (Lipinski definition) is 8. The van der Waals surface area contributed by atoms with Crippen LogP contribution in [0.2, 0.25) is 0 Å². The van der Waals surface area contributed by atoms with Gasteiger partial charge in [-0.15, -0.1) is 0 Å². The Morgan fingerprint density at radius 3 is 2.56 bits per heavy atom. The fourth-order valence-electron chi connectivity index (χ4n) is 6.54. The van der Waals surface area contributed by atoms with Gasteiger partial charge in [-0.2, -0.15) is 0 Å². The van der Waals surface area contributed by atoms with Gasteiger partial charge in [0.15, 0.2) is 0 Å². The molecule has 0 aliphatic carbocycles. The third-order valence-electron chi connectivity index (χ3n) is 8.33. The quantitative estimate of drug-likeness (QED) is 0.381. The molecule has 5 rings (SSSR count). The molecule has 3 saturated heterocycles. The lowest BCUT2D eigenvalue weighted by Gasteiger charge is -2.39. The van der Waals surface area contributed by atoms with Crippen LogP contribution in [-0.4, -0.2) is 121 Å². The van der Waals surface area contributed by atoms with Gasteiger partial charge in [-0.25, -0.2) is 0 Å². The number of rotatable bonds is 7. The molecule has 10 nitrogen and oxygen atoms in total. The molecular weight excluding hydrogens is 466 g/mol. The summed E-state index contributed by atoms with van der Waals surface area (Å²) >= 11 is 0. The number of hydrogen-bond donors (Lipinski definition) is 1. The van der Waals surface area contributed by atoms with E-state index in [9.17, 15) is 19.5 Å². The van der Waals surface area contributed by atoms with Crippen molar-refractivity contribution in [1.82, 2.24) is 14.7 Å². The molecule has 5 atom stereocenters. The van der Waals surface area contributed by atoms with Crippen molar-refractivity contribution in [3.05, 3.63) is 24.3 Å². The van der Waals surface area contributed by atoms with Crippen LogP contribution in [0.25, 0.3) is 0 Å². The number of amides is 2. The van der Waals surface area contributed by atoms with E-state index in [1.54, 1.807) is 4.90 Å². The van der Waals surface area contributed by atoms with Crippen LogP contribution in [-0.2, 0) is 28.6 Å². The van der Waals surface area contributed by atoms with Crippen LogP contribution in [0.4, 0.5) is 0 Å². The Hall–Kier alpha value is -2.27. The highest BCUT2D eigenvalue weighted by molar-refractivity contribution is 5.99. The number of fused-ring (bicyclic) bond motifs is 2. The lowest BCUT2D eigenvalue weighted by atomic mass is 9.73. The van der Waals surface area contributed by atoms with Crippen LogP contribution in [0, 0.1) is 11.8 Å². The first kappa shape index (κ1) is 25.4. The fourth-order valence-corrected chi connectivity index (χ4v) is 6.54. The summed E-state index contributed by atoms with van der Waals surface area (Å²) in [6, 6.07) is -0.900. The minimum atomic E-state index is -1.27. The molecule has 5 aliphatic heterocycles. The molecule has 3 fully saturated rings. The van der Waals surface area contributed by atoms with E-state index in [4.69, 9.17) is 14.2 Å². The molecule has 0 bridgehead atoms. The van der Waals surface area contributed by atoms with Crippen molar-refractivity contribution in [1.29, 1.82) is 0 Å². The van der Waals surface area contributed by atoms with Gasteiger partial charge in [0.1, 0.15) is 23.2 Å². The number of cyclic esters (lactones) is 1. The average Bonchev–Trinajstić information content (AvgIpc) is 3.23. The second kappa shape index (κ2) is 10.2. The molecule has 0 aromatic carbocycles. The van der Waals surface area contributed by atoms with Gasteiger partial charge in [0.2, 0.25) is 11.8 Å². The highest BCUT2D eigenvalue weighted by atomic mass is 16.6. The number of esters is 1. The fraction of sp³-hybridized carbons (Fsp3) is 0.731. The van der Waals surface area contributed by atoms with Crippen molar-refractivity contribution in [3.63, 3.8) is 0 Å². The van der Waals surface area contributed by atoms with E-state index in [0.29, 0.717) is 52.1 Å². The third kappa shape index (κ3) is 4.08. The summed E-state index contributed by atoms with van der Waals surface area (Å²) in [5.74, 6) is -2.62. The number of carbonyl (C=O) groups excluding carboxylic acids is 3. The van der Waals surface area contributed by atoms with Gasteiger partial charge in [-0.05, 0) is 19.3 Å². The van der Waals surface area contributed by atoms with Gasteiger partial charge < -0.3 is 29.1 Å². The van der Waals surface area contributed by atoms with E-state index in [1.807, 2.05) is 31.2 Å². The van der Waals surface area contributed by atoms with Crippen molar-refractivity contribution in [2.24, 2.45) is 11.8 Å². The molecule has 0 aromatic rings. The molecule has 1 unspecified atom stereocenters. The molecule has 0 radical (unpaired) electrons. The predicted molar refractivity (Wildman–Crippen MR) is 129 cm³/mol. The lowest BCUT2D eigenvalue weighted by molar-refractivity contribution is -0.162. The Morgan fingerprint density at radius 1 is 1.00 bits per heavy atom. The lowest BCUT2D eigenvalue weighted by Crippen LogP contribution is -2.57. The standard InChI is InChI=1S/C26H37N3O7/c1-2-25-7-3-4-16-35-24(33)20(25)19-22(31)29(10-6-15-30)21-23(32)28(9-5-8-26(19,21)36-25)12-11-27-13-17-34-18-14-27/h3,5,7-8,19-21,30H,2,4,6,9-18H2,1H3/t19-,20-,21?,25+,26-/m0/s1. The Balaban J connectivity index is 1.51. The number of likely N-dealkylation sites (tertiary alicyclic amines) is 1. The molecular formula is C26H37N3O7. The molecule has 1 spiro atoms. The van der Waals surface area contributed by atoms with Gasteiger partial charge in [0.05, 0.1) is 25.7 Å². The topological polar surface area (TPSA) is 109 Å². The normalized spacial score (nSPS) is 36.7. The van der Waals surface area contributed by atoms with Crippen molar-refractivity contribution in [2.45, 2.75) is 43.4 Å². The van der Waals surface area contributed by atoms with Gasteiger partial charge in [-0.1, -0.05) is 31.2 Å². The summed E-state index contributed by atoms with van der Waals surface area (Å²) in [5.41, 5.74) is -2.29. The molecule has 0 saturated carbocycles. The molecule has 36 heavy (non-hydrogen) atoms. The second-order valence-corrected chi connectivity index (χ2v) is 10.2. The maximum atomic E-state index is 14.1. The highest BCUT2D eigenvalue weighted by Gasteiger charge is 2.75. The van der Waals surface area contributed by atoms with Gasteiger partial charge >= 0.3 is 5.97 Å². The predicted octanol–water partition coefficient (Wildman–Crippen LogP) is -0.0365. The Bertz CT molecular complexity index is 932. The summed E-state index contributed by atoms with van der Waals surface area (Å²) in [5, 5.41) is 9.51. The summed E-state index contributed by atoms with van der Waals surface area (Å²) in [7, 11) is 0. The first-order valence-corrected chi connectivity index (χ1v) is 13.2. The summed E-state index contributed by atoms with van der Waals surface area (Å²) < 4.78 is 17.8. The Kier molecular flexibility index (Phi) is 7.22. The molecule has 10 heteroatoms. The van der Waals surface area contributed by atoms with Gasteiger partial charge in [0.25, 0.3) is 0 Å². The van der Waals surface area contributed by atoms with Crippen LogP contribution in [0.3, 0.4) is 0 Å². The molecule has 0 aromatic heterocycles. The number of aliphatic hydroxyl groups excluding tert-OH is 1. The summed E-state index contributed by atoms with van der Waals surface area (Å²) in [6.45, 7) is 6.96. The number of carbonyl (C=O) groups is 3. The van der Waals surface area contributed by atoms with E-state index in [1.165, 1.54) is 4.90 Å². The monoisotopic (exact) mass is 503 g/mol. The first-order chi connectivity index (χ1) is 17.5. The summed E-state index contributed by atoms with van der Waals surface area (Å²) in [6.07, 6.45) is 9.00. The number of morpholine rings is 1. The van der Waals surface area contributed by atoms with Crippen molar-refractivity contribution >= 4 is 17.8 Å². The zero-order valence-corrected chi connectivity index (χ0v) is 21.0. The third-order valence-corrected chi connectivity index (χ3v) is 8.33. The van der Waals surface area contributed by atoms with Gasteiger partial charge in [-0.3, -0.25) is 19.3 Å². The molecule has 198 valence electrons. The average molecular weight is 504 g/mol. The maximum absolute atomic E-state index is 14.1. The number of ether oxygens (including phenoxy) is 3. The van der Waals surface area contributed by atoms with E-state index in [2.05, 4.69) is 4.90 Å². The Morgan fingerprint density at radius 2 is 1.81 bits per heavy atom. The number of aliphatic hydroxyl groups is 1. The zero-order valence-electron chi connectivity index (χ0n) is 21.0. The molecule has 5 aliphatic rings. The number of nitrogens with zero attached hydrogens (tertiary/aromatic N) is 3. The van der Waals surface area contributed by atoms with Crippen molar-refractivity contribution in [3.8, 4) is 0 Å². The van der Waals surface area contributed by atoms with Crippen molar-refractivity contribution < 1.29 is 33.7 Å².